The van der Waals surface area contributed by atoms with E-state index in [0.29, 0.717) is 5.13 Å². The van der Waals surface area contributed by atoms with Crippen LogP contribution in [-0.4, -0.2) is 39.9 Å². The number of ether oxygens (including phenoxy) is 1. The average Bonchev–Trinajstić information content (AvgIpc) is 2.85. The number of nitrogens with zero attached hydrogens (tertiary/aromatic N) is 2. The molecule has 1 saturated heterocycles. The van der Waals surface area contributed by atoms with Gasteiger partial charge in [0, 0.05) is 18.7 Å². The maximum atomic E-state index is 14.9. The number of carboxylic acid groups (broad SMARTS) is 1. The summed E-state index contributed by atoms with van der Waals surface area (Å²) in [6.07, 6.45) is -0.414. The molecule has 0 bridgehead atoms. The largest absolute Gasteiger partial charge is 0.506 e. The topological polar surface area (TPSA) is 82.9 Å². The molecule has 1 aliphatic heterocycles. The minimum Gasteiger partial charge on any atom is -0.506 e. The van der Waals surface area contributed by atoms with Crippen molar-refractivity contribution in [3.05, 3.63) is 16.9 Å². The molecule has 0 aliphatic carbocycles. The number of hydrogen-bond donors (Lipinski definition) is 2. The number of rotatable bonds is 4. The van der Waals surface area contributed by atoms with Gasteiger partial charge in [0.1, 0.15) is 16.0 Å². The van der Waals surface area contributed by atoms with Crippen LogP contribution in [0.4, 0.5) is 9.52 Å². The Labute approximate surface area is 148 Å². The second kappa shape index (κ2) is 6.10. The van der Waals surface area contributed by atoms with Gasteiger partial charge in [-0.3, -0.25) is 0 Å². The van der Waals surface area contributed by atoms with Crippen LogP contribution in [0.2, 0.25) is 0 Å². The number of anilines is 1. The molecule has 2 N–H and O–H groups in total. The lowest BCUT2D eigenvalue weighted by Gasteiger charge is -2.30. The summed E-state index contributed by atoms with van der Waals surface area (Å²) in [7, 11) is 0. The zero-order valence-corrected chi connectivity index (χ0v) is 15.4. The lowest BCUT2D eigenvalue weighted by molar-refractivity contribution is -0.160. The van der Waals surface area contributed by atoms with Crippen molar-refractivity contribution in [1.82, 2.24) is 4.98 Å². The fraction of sp³-hybridized carbons (Fsp3) is 0.529. The van der Waals surface area contributed by atoms with Gasteiger partial charge in [-0.05, 0) is 39.7 Å². The van der Waals surface area contributed by atoms with Crippen LogP contribution >= 0.6 is 11.3 Å². The molecule has 136 valence electrons. The minimum absolute atomic E-state index is 0.0436. The van der Waals surface area contributed by atoms with Crippen LogP contribution in [-0.2, 0) is 9.53 Å². The zero-order chi connectivity index (χ0) is 18.5. The molecule has 0 amide bonds. The molecular formula is C17H21FN2O4S. The van der Waals surface area contributed by atoms with Gasteiger partial charge in [-0.1, -0.05) is 11.3 Å². The highest BCUT2D eigenvalue weighted by molar-refractivity contribution is 7.22. The summed E-state index contributed by atoms with van der Waals surface area (Å²) in [5, 5.41) is 20.9. The van der Waals surface area contributed by atoms with Crippen molar-refractivity contribution in [2.24, 2.45) is 0 Å². The second-order valence-corrected chi connectivity index (χ2v) is 8.14. The highest BCUT2D eigenvalue weighted by Crippen LogP contribution is 2.44. The Kier molecular flexibility index (Phi) is 4.36. The van der Waals surface area contributed by atoms with Crippen molar-refractivity contribution in [3.63, 3.8) is 0 Å². The van der Waals surface area contributed by atoms with E-state index in [1.54, 1.807) is 20.8 Å². The SMILES string of the molecule is Cc1c(C(OC(C)(C)C)C(=O)O)c(O)c2sc(N3CCC3)nc2c1F. The van der Waals surface area contributed by atoms with E-state index in [2.05, 4.69) is 4.98 Å². The number of aromatic hydroxyl groups is 1. The summed E-state index contributed by atoms with van der Waals surface area (Å²) in [5.74, 6) is -2.16. The zero-order valence-electron chi connectivity index (χ0n) is 14.6. The van der Waals surface area contributed by atoms with Crippen LogP contribution in [0.25, 0.3) is 10.2 Å². The number of benzene rings is 1. The molecule has 6 nitrogen and oxygen atoms in total. The first-order valence-corrected chi connectivity index (χ1v) is 8.89. The molecule has 2 heterocycles. The molecule has 0 saturated carbocycles. The number of carboxylic acids is 1. The van der Waals surface area contributed by atoms with E-state index >= 15 is 0 Å². The van der Waals surface area contributed by atoms with E-state index in [0.717, 1.165) is 19.5 Å². The van der Waals surface area contributed by atoms with Gasteiger partial charge >= 0.3 is 5.97 Å². The fourth-order valence-electron chi connectivity index (χ4n) is 2.76. The number of phenolic OH excluding ortho intramolecular Hbond substituents is 1. The van der Waals surface area contributed by atoms with Crippen molar-refractivity contribution in [2.45, 2.75) is 45.8 Å². The van der Waals surface area contributed by atoms with Crippen LogP contribution in [0.5, 0.6) is 5.75 Å². The summed E-state index contributed by atoms with van der Waals surface area (Å²) in [5.41, 5.74) is -0.706. The van der Waals surface area contributed by atoms with Crippen LogP contribution in [0.15, 0.2) is 0 Å². The summed E-state index contributed by atoms with van der Waals surface area (Å²) in [6.45, 7) is 8.25. The normalized spacial score (nSPS) is 16.1. The molecular weight excluding hydrogens is 347 g/mol. The van der Waals surface area contributed by atoms with Crippen LogP contribution in [0.1, 0.15) is 44.4 Å². The second-order valence-electron chi connectivity index (χ2n) is 7.16. The Morgan fingerprint density at radius 2 is 2.04 bits per heavy atom. The molecule has 8 heteroatoms. The number of aliphatic carboxylic acids is 1. The number of aromatic nitrogens is 1. The summed E-state index contributed by atoms with van der Waals surface area (Å²) >= 11 is 1.17. The monoisotopic (exact) mass is 368 g/mol. The van der Waals surface area contributed by atoms with Crippen LogP contribution in [0.3, 0.4) is 0 Å². The Hall–Kier alpha value is -1.93. The molecule has 0 radical (unpaired) electrons. The first kappa shape index (κ1) is 17.9. The van der Waals surface area contributed by atoms with E-state index < -0.39 is 23.5 Å². The Balaban J connectivity index is 2.18. The Morgan fingerprint density at radius 1 is 1.40 bits per heavy atom. The molecule has 25 heavy (non-hydrogen) atoms. The number of phenols is 1. The van der Waals surface area contributed by atoms with Gasteiger partial charge in [0.05, 0.1) is 5.60 Å². The van der Waals surface area contributed by atoms with Gasteiger partial charge in [0.15, 0.2) is 17.1 Å². The van der Waals surface area contributed by atoms with Crippen molar-refractivity contribution in [2.75, 3.05) is 18.0 Å². The van der Waals surface area contributed by atoms with E-state index in [9.17, 15) is 19.4 Å². The summed E-state index contributed by atoms with van der Waals surface area (Å²) in [6, 6.07) is 0. The molecule has 1 aromatic carbocycles. The third kappa shape index (κ3) is 3.16. The summed E-state index contributed by atoms with van der Waals surface area (Å²) < 4.78 is 20.7. The quantitative estimate of drug-likeness (QED) is 0.858. The van der Waals surface area contributed by atoms with Gasteiger partial charge in [-0.15, -0.1) is 0 Å². The predicted molar refractivity (Wildman–Crippen MR) is 94.0 cm³/mol. The molecule has 0 spiro atoms. The van der Waals surface area contributed by atoms with Crippen molar-refractivity contribution < 1.29 is 24.1 Å². The first-order valence-electron chi connectivity index (χ1n) is 8.07. The smallest absolute Gasteiger partial charge is 0.337 e. The third-order valence-electron chi connectivity index (χ3n) is 4.11. The standard InChI is InChI=1S/C17H21FN2O4S/c1-8-9(13(15(22)23)24-17(2,3)4)12(21)14-11(10(8)18)19-16(25-14)20-6-5-7-20/h13,21H,5-7H2,1-4H3,(H,22,23). The molecule has 1 aromatic heterocycles. The fourth-order valence-corrected chi connectivity index (χ4v) is 3.83. The minimum atomic E-state index is -1.46. The van der Waals surface area contributed by atoms with Gasteiger partial charge in [-0.25, -0.2) is 14.2 Å². The van der Waals surface area contributed by atoms with E-state index in [1.165, 1.54) is 18.3 Å². The highest BCUT2D eigenvalue weighted by atomic mass is 32.1. The van der Waals surface area contributed by atoms with E-state index in [4.69, 9.17) is 4.74 Å². The number of hydrogen-bond acceptors (Lipinski definition) is 6. The lowest BCUT2D eigenvalue weighted by atomic mass is 9.99. The summed E-state index contributed by atoms with van der Waals surface area (Å²) in [4.78, 5) is 18.0. The molecule has 3 rings (SSSR count). The first-order chi connectivity index (χ1) is 11.6. The number of carbonyl (C=O) groups is 1. The van der Waals surface area contributed by atoms with E-state index in [1.807, 2.05) is 4.90 Å². The van der Waals surface area contributed by atoms with Crippen molar-refractivity contribution >= 4 is 32.7 Å². The predicted octanol–water partition coefficient (Wildman–Crippen LogP) is 3.60. The van der Waals surface area contributed by atoms with Crippen LogP contribution < -0.4 is 4.90 Å². The average molecular weight is 368 g/mol. The van der Waals surface area contributed by atoms with Crippen LogP contribution in [0, 0.1) is 12.7 Å². The van der Waals surface area contributed by atoms with Gasteiger partial charge in [-0.2, -0.15) is 0 Å². The Bertz CT molecular complexity index is 840. The van der Waals surface area contributed by atoms with Gasteiger partial charge < -0.3 is 19.8 Å². The third-order valence-corrected chi connectivity index (χ3v) is 5.23. The lowest BCUT2D eigenvalue weighted by Crippen LogP contribution is -2.36. The number of fused-ring (bicyclic) bond motifs is 1. The highest BCUT2D eigenvalue weighted by Gasteiger charge is 2.34. The molecule has 1 atom stereocenters. The Morgan fingerprint density at radius 3 is 2.52 bits per heavy atom. The number of halogens is 1. The van der Waals surface area contributed by atoms with Gasteiger partial charge in [0.2, 0.25) is 0 Å². The molecule has 2 aromatic rings. The molecule has 1 unspecified atom stereocenters. The van der Waals surface area contributed by atoms with Crippen molar-refractivity contribution in [3.8, 4) is 5.75 Å². The van der Waals surface area contributed by atoms with E-state index in [-0.39, 0.29) is 27.1 Å². The number of thiazole rings is 1. The molecule has 1 aliphatic rings. The maximum absolute atomic E-state index is 14.9. The maximum Gasteiger partial charge on any atom is 0.337 e. The molecule has 1 fully saturated rings. The van der Waals surface area contributed by atoms with Gasteiger partial charge in [0.25, 0.3) is 0 Å². The van der Waals surface area contributed by atoms with Crippen molar-refractivity contribution in [1.29, 1.82) is 0 Å².